The zero-order chi connectivity index (χ0) is 24.5. The Morgan fingerprint density at radius 2 is 1.89 bits per heavy atom. The van der Waals surface area contributed by atoms with E-state index < -0.39 is 6.04 Å². The van der Waals surface area contributed by atoms with E-state index in [2.05, 4.69) is 15.5 Å². The molecule has 0 unspecified atom stereocenters. The summed E-state index contributed by atoms with van der Waals surface area (Å²) in [5.74, 6) is 2.21. The molecule has 1 atom stereocenters. The number of amides is 1. The lowest BCUT2D eigenvalue weighted by Crippen LogP contribution is -2.44. The summed E-state index contributed by atoms with van der Waals surface area (Å²) in [6, 6.07) is 13.5. The number of nitrogens with one attached hydrogen (secondary N) is 1. The third kappa shape index (κ3) is 4.56. The Hall–Kier alpha value is -3.23. The maximum atomic E-state index is 13.4. The number of fused-ring (bicyclic) bond motifs is 3. The van der Waals surface area contributed by atoms with Gasteiger partial charge in [0.15, 0.2) is 5.82 Å². The molecule has 0 radical (unpaired) electrons. The van der Waals surface area contributed by atoms with Crippen LogP contribution >= 0.6 is 11.6 Å². The number of methoxy groups -OCH3 is 1. The van der Waals surface area contributed by atoms with Crippen molar-refractivity contribution in [3.8, 4) is 11.4 Å². The lowest BCUT2D eigenvalue weighted by molar-refractivity contribution is -0.132. The van der Waals surface area contributed by atoms with Crippen LogP contribution in [0.25, 0.3) is 5.69 Å². The number of likely N-dealkylation sites (tertiary alicyclic amines) is 1. The van der Waals surface area contributed by atoms with Crippen LogP contribution in [-0.4, -0.2) is 64.6 Å². The third-order valence-electron chi connectivity index (χ3n) is 6.87. The minimum Gasteiger partial charge on any atom is -0.497 e. The van der Waals surface area contributed by atoms with Crippen LogP contribution in [0.2, 0.25) is 5.02 Å². The second-order valence-electron chi connectivity index (χ2n) is 8.97. The highest BCUT2D eigenvalue weighted by Crippen LogP contribution is 2.35. The van der Waals surface area contributed by atoms with Crippen LogP contribution in [0.4, 0.5) is 0 Å². The molecule has 2 aliphatic rings. The van der Waals surface area contributed by atoms with E-state index in [9.17, 15) is 4.79 Å². The Labute approximate surface area is 210 Å². The number of rotatable bonds is 5. The molecule has 1 N–H and O–H groups in total. The second-order valence-corrected chi connectivity index (χ2v) is 9.41. The number of aryl methyl sites for hydroxylation is 1. The van der Waals surface area contributed by atoms with Gasteiger partial charge in [0.25, 0.3) is 0 Å². The van der Waals surface area contributed by atoms with Crippen LogP contribution in [0.3, 0.4) is 0 Å². The molecule has 3 heterocycles. The van der Waals surface area contributed by atoms with E-state index in [1.807, 2.05) is 65.9 Å². The van der Waals surface area contributed by atoms with Gasteiger partial charge in [0, 0.05) is 35.3 Å². The largest absolute Gasteiger partial charge is 0.497 e. The Bertz CT molecular complexity index is 1260. The van der Waals surface area contributed by atoms with Crippen LogP contribution in [0, 0.1) is 6.92 Å². The standard InChI is InChI=1S/C26H29ClN6O2/c1-16-30-31-26-22(15-24(34)32-12-10-19(28-2)11-13-32)29-25(17-4-6-18(27)7-5-17)21-14-20(35-3)8-9-23(21)33(16)26/h4-9,14,19,22,28H,10-13,15H2,1-3H3/t22-/m0/s1. The molecule has 1 aromatic heterocycles. The summed E-state index contributed by atoms with van der Waals surface area (Å²) in [5, 5.41) is 12.8. The number of aliphatic imine (C=N–C) groups is 1. The highest BCUT2D eigenvalue weighted by atomic mass is 35.5. The number of benzene rings is 2. The van der Waals surface area contributed by atoms with Crippen LogP contribution < -0.4 is 10.1 Å². The van der Waals surface area contributed by atoms with E-state index in [4.69, 9.17) is 21.3 Å². The van der Waals surface area contributed by atoms with Crippen molar-refractivity contribution in [3.63, 3.8) is 0 Å². The average molecular weight is 493 g/mol. The number of hydrogen-bond acceptors (Lipinski definition) is 6. The average Bonchev–Trinajstić information content (AvgIpc) is 3.21. The highest BCUT2D eigenvalue weighted by molar-refractivity contribution is 6.30. The van der Waals surface area contributed by atoms with Crippen molar-refractivity contribution < 1.29 is 9.53 Å². The van der Waals surface area contributed by atoms with Gasteiger partial charge < -0.3 is 15.0 Å². The quantitative estimate of drug-likeness (QED) is 0.586. The number of ether oxygens (including phenoxy) is 1. The van der Waals surface area contributed by atoms with Gasteiger partial charge in [-0.2, -0.15) is 0 Å². The molecule has 3 aromatic rings. The van der Waals surface area contributed by atoms with Crippen LogP contribution in [-0.2, 0) is 4.79 Å². The highest BCUT2D eigenvalue weighted by Gasteiger charge is 2.32. The van der Waals surface area contributed by atoms with Crippen molar-refractivity contribution in [1.82, 2.24) is 25.0 Å². The molecule has 182 valence electrons. The summed E-state index contributed by atoms with van der Waals surface area (Å²) in [7, 11) is 3.62. The van der Waals surface area contributed by atoms with E-state index >= 15 is 0 Å². The zero-order valence-electron chi connectivity index (χ0n) is 20.2. The van der Waals surface area contributed by atoms with E-state index in [-0.39, 0.29) is 12.3 Å². The minimum absolute atomic E-state index is 0.0829. The molecule has 1 amide bonds. The second kappa shape index (κ2) is 9.79. The van der Waals surface area contributed by atoms with Gasteiger partial charge in [-0.1, -0.05) is 23.7 Å². The van der Waals surface area contributed by atoms with Crippen LogP contribution in [0.15, 0.2) is 47.5 Å². The molecule has 0 spiro atoms. The van der Waals surface area contributed by atoms with Gasteiger partial charge >= 0.3 is 0 Å². The van der Waals surface area contributed by atoms with Crippen LogP contribution in [0.1, 0.15) is 48.1 Å². The first-order chi connectivity index (χ1) is 17.0. The summed E-state index contributed by atoms with van der Waals surface area (Å²) in [4.78, 5) is 20.5. The summed E-state index contributed by atoms with van der Waals surface area (Å²) >= 11 is 6.17. The topological polar surface area (TPSA) is 84.6 Å². The number of carbonyl (C=O) groups is 1. The van der Waals surface area contributed by atoms with Gasteiger partial charge in [-0.3, -0.25) is 14.4 Å². The predicted molar refractivity (Wildman–Crippen MR) is 136 cm³/mol. The fourth-order valence-electron chi connectivity index (χ4n) is 4.89. The molecule has 9 heteroatoms. The zero-order valence-corrected chi connectivity index (χ0v) is 20.9. The van der Waals surface area contributed by atoms with Crippen molar-refractivity contribution in [3.05, 3.63) is 70.3 Å². The van der Waals surface area contributed by atoms with E-state index in [1.165, 1.54) is 0 Å². The number of carbonyl (C=O) groups excluding carboxylic acids is 1. The number of hydrogen-bond donors (Lipinski definition) is 1. The number of piperidine rings is 1. The molecule has 35 heavy (non-hydrogen) atoms. The van der Waals surface area contributed by atoms with Crippen molar-refractivity contribution in [2.75, 3.05) is 27.2 Å². The number of aromatic nitrogens is 3. The molecule has 5 rings (SSSR count). The fourth-order valence-corrected chi connectivity index (χ4v) is 5.01. The molecule has 1 saturated heterocycles. The maximum Gasteiger partial charge on any atom is 0.225 e. The Kier molecular flexibility index (Phi) is 6.58. The van der Waals surface area contributed by atoms with Gasteiger partial charge in [0.1, 0.15) is 17.6 Å². The van der Waals surface area contributed by atoms with Crippen LogP contribution in [0.5, 0.6) is 5.75 Å². The van der Waals surface area contributed by atoms with Gasteiger partial charge in [0.2, 0.25) is 5.91 Å². The van der Waals surface area contributed by atoms with Gasteiger partial charge in [-0.05, 0) is 57.1 Å². The molecule has 2 aliphatic heterocycles. The molecule has 1 fully saturated rings. The van der Waals surface area contributed by atoms with E-state index in [1.54, 1.807) is 7.11 Å². The first kappa shape index (κ1) is 23.5. The Balaban J connectivity index is 1.59. The molecule has 0 bridgehead atoms. The third-order valence-corrected chi connectivity index (χ3v) is 7.13. The molecule has 8 nitrogen and oxygen atoms in total. The summed E-state index contributed by atoms with van der Waals surface area (Å²) < 4.78 is 7.54. The monoisotopic (exact) mass is 492 g/mol. The number of halogens is 1. The Morgan fingerprint density at radius 1 is 1.14 bits per heavy atom. The summed E-state index contributed by atoms with van der Waals surface area (Å²) in [6.07, 6.45) is 2.13. The lowest BCUT2D eigenvalue weighted by atomic mass is 10.00. The van der Waals surface area contributed by atoms with Gasteiger partial charge in [0.05, 0.1) is 24.9 Å². The van der Waals surface area contributed by atoms with E-state index in [0.29, 0.717) is 16.9 Å². The van der Waals surface area contributed by atoms with Crippen molar-refractivity contribution in [2.24, 2.45) is 4.99 Å². The SMILES string of the molecule is CNC1CCN(C(=O)C[C@@H]2N=C(c3ccc(Cl)cc3)c3cc(OC)ccc3-n3c(C)nnc32)CC1. The number of nitrogens with zero attached hydrogens (tertiary/aromatic N) is 5. The lowest BCUT2D eigenvalue weighted by Gasteiger charge is -2.32. The normalized spacial score (nSPS) is 17.9. The molecule has 0 saturated carbocycles. The van der Waals surface area contributed by atoms with Crippen molar-refractivity contribution >= 4 is 23.2 Å². The van der Waals surface area contributed by atoms with Crippen molar-refractivity contribution in [1.29, 1.82) is 0 Å². The first-order valence-corrected chi connectivity index (χ1v) is 12.3. The maximum absolute atomic E-state index is 13.4. The fraction of sp³-hybridized carbons (Fsp3) is 0.385. The molecule has 0 aliphatic carbocycles. The molecular formula is C26H29ClN6O2. The van der Waals surface area contributed by atoms with Gasteiger partial charge in [-0.25, -0.2) is 0 Å². The summed E-state index contributed by atoms with van der Waals surface area (Å²) in [5.41, 5.74) is 3.47. The molecular weight excluding hydrogens is 464 g/mol. The smallest absolute Gasteiger partial charge is 0.225 e. The first-order valence-electron chi connectivity index (χ1n) is 11.9. The Morgan fingerprint density at radius 3 is 2.57 bits per heavy atom. The predicted octanol–water partition coefficient (Wildman–Crippen LogP) is 3.73. The van der Waals surface area contributed by atoms with Crippen molar-refractivity contribution in [2.45, 2.75) is 38.3 Å². The van der Waals surface area contributed by atoms with Gasteiger partial charge in [-0.15, -0.1) is 10.2 Å². The minimum atomic E-state index is -0.477. The van der Waals surface area contributed by atoms with E-state index in [0.717, 1.165) is 60.0 Å². The summed E-state index contributed by atoms with van der Waals surface area (Å²) in [6.45, 7) is 3.40. The molecule has 2 aromatic carbocycles.